The third-order valence-electron chi connectivity index (χ3n) is 1.71. The minimum atomic E-state index is -2.82. The van der Waals surface area contributed by atoms with E-state index in [2.05, 4.69) is 5.32 Å². The van der Waals surface area contributed by atoms with Crippen molar-refractivity contribution in [1.82, 2.24) is 5.32 Å². The average molecular weight is 179 g/mol. The molecule has 0 aliphatic heterocycles. The number of nitrogens with one attached hydrogen (secondary N) is 1. The highest BCUT2D eigenvalue weighted by atomic mass is 32.2. The van der Waals surface area contributed by atoms with E-state index in [9.17, 15) is 8.42 Å². The quantitative estimate of drug-likeness (QED) is 0.622. The topological polar surface area (TPSA) is 46.2 Å². The van der Waals surface area contributed by atoms with Gasteiger partial charge in [0, 0.05) is 6.26 Å². The number of sulfone groups is 1. The summed E-state index contributed by atoms with van der Waals surface area (Å²) in [5.41, 5.74) is 0. The molecule has 0 saturated carbocycles. The van der Waals surface area contributed by atoms with Crippen LogP contribution >= 0.6 is 0 Å². The normalized spacial score (nSPS) is 14.8. The van der Waals surface area contributed by atoms with Crippen LogP contribution in [0.5, 0.6) is 0 Å². The molecule has 68 valence electrons. The van der Waals surface area contributed by atoms with Gasteiger partial charge >= 0.3 is 0 Å². The smallest absolute Gasteiger partial charge is 0.150 e. The molecule has 4 heteroatoms. The largest absolute Gasteiger partial charge is 0.317 e. The molecule has 11 heavy (non-hydrogen) atoms. The first-order valence-corrected chi connectivity index (χ1v) is 5.83. The molecule has 0 aromatic heterocycles. The van der Waals surface area contributed by atoms with Crippen molar-refractivity contribution in [3.05, 3.63) is 0 Å². The van der Waals surface area contributed by atoms with Crippen molar-refractivity contribution >= 4 is 9.84 Å². The Morgan fingerprint density at radius 2 is 2.00 bits per heavy atom. The summed E-state index contributed by atoms with van der Waals surface area (Å²) >= 11 is 0. The molecule has 0 spiro atoms. The van der Waals surface area contributed by atoms with E-state index < -0.39 is 9.84 Å². The minimum Gasteiger partial charge on any atom is -0.317 e. The maximum Gasteiger partial charge on any atom is 0.150 e. The number of hydrogen-bond donors (Lipinski definition) is 1. The summed E-state index contributed by atoms with van der Waals surface area (Å²) in [4.78, 5) is 0. The van der Waals surface area contributed by atoms with Crippen LogP contribution in [0, 0.1) is 0 Å². The Morgan fingerprint density at radius 3 is 2.36 bits per heavy atom. The van der Waals surface area contributed by atoms with Crippen LogP contribution in [0.15, 0.2) is 0 Å². The summed E-state index contributed by atoms with van der Waals surface area (Å²) in [5.74, 6) is 0. The second-order valence-electron chi connectivity index (χ2n) is 2.78. The lowest BCUT2D eigenvalue weighted by Crippen LogP contribution is -2.23. The zero-order valence-electron chi connectivity index (χ0n) is 7.42. The van der Waals surface area contributed by atoms with E-state index >= 15 is 0 Å². The van der Waals surface area contributed by atoms with Crippen molar-refractivity contribution in [2.75, 3.05) is 19.3 Å². The second kappa shape index (κ2) is 4.72. The predicted molar refractivity (Wildman–Crippen MR) is 47.5 cm³/mol. The lowest BCUT2D eigenvalue weighted by Gasteiger charge is -2.08. The Morgan fingerprint density at radius 1 is 1.45 bits per heavy atom. The second-order valence-corrected chi connectivity index (χ2v) is 5.25. The first-order chi connectivity index (χ1) is 4.98. The molecule has 0 aromatic rings. The van der Waals surface area contributed by atoms with E-state index in [-0.39, 0.29) is 5.25 Å². The molecule has 1 atom stereocenters. The highest BCUT2D eigenvalue weighted by molar-refractivity contribution is 7.91. The van der Waals surface area contributed by atoms with Crippen LogP contribution in [0.1, 0.15) is 20.3 Å². The third-order valence-corrected chi connectivity index (χ3v) is 3.41. The Hall–Kier alpha value is -0.0900. The van der Waals surface area contributed by atoms with Gasteiger partial charge in [0.05, 0.1) is 5.25 Å². The molecule has 0 aliphatic carbocycles. The Labute approximate surface area is 69.1 Å². The highest BCUT2D eigenvalue weighted by Gasteiger charge is 2.13. The van der Waals surface area contributed by atoms with E-state index in [0.717, 1.165) is 13.1 Å². The van der Waals surface area contributed by atoms with Crippen molar-refractivity contribution in [3.63, 3.8) is 0 Å². The molecule has 0 aliphatic rings. The van der Waals surface area contributed by atoms with Gasteiger partial charge < -0.3 is 5.32 Å². The van der Waals surface area contributed by atoms with Gasteiger partial charge in [0.1, 0.15) is 9.84 Å². The average Bonchev–Trinajstić information content (AvgIpc) is 1.86. The van der Waals surface area contributed by atoms with Crippen molar-refractivity contribution < 1.29 is 8.42 Å². The maximum atomic E-state index is 10.9. The van der Waals surface area contributed by atoms with Crippen molar-refractivity contribution in [2.45, 2.75) is 25.5 Å². The molecule has 0 heterocycles. The summed E-state index contributed by atoms with van der Waals surface area (Å²) in [5, 5.41) is 2.87. The van der Waals surface area contributed by atoms with Gasteiger partial charge in [0.15, 0.2) is 0 Å². The fourth-order valence-electron chi connectivity index (χ4n) is 0.696. The summed E-state index contributed by atoms with van der Waals surface area (Å²) < 4.78 is 21.8. The zero-order valence-corrected chi connectivity index (χ0v) is 8.24. The SMILES string of the molecule is CCNCCC(C)S(C)(=O)=O. The van der Waals surface area contributed by atoms with Crippen LogP contribution in [0.4, 0.5) is 0 Å². The molecule has 0 saturated heterocycles. The van der Waals surface area contributed by atoms with Crippen molar-refractivity contribution in [1.29, 1.82) is 0 Å². The van der Waals surface area contributed by atoms with Gasteiger partial charge in [-0.15, -0.1) is 0 Å². The first kappa shape index (κ1) is 10.9. The predicted octanol–water partition coefficient (Wildman–Crippen LogP) is 0.419. The summed E-state index contributed by atoms with van der Waals surface area (Å²) in [6, 6.07) is 0. The Bertz CT molecular complexity index is 187. The van der Waals surface area contributed by atoms with Gasteiger partial charge in [-0.05, 0) is 26.4 Å². The molecule has 0 bridgehead atoms. The fraction of sp³-hybridized carbons (Fsp3) is 1.00. The summed E-state index contributed by atoms with van der Waals surface area (Å²) in [6.07, 6.45) is 1.98. The van der Waals surface area contributed by atoms with Crippen LogP contribution < -0.4 is 5.32 Å². The fourth-order valence-corrected chi connectivity index (χ4v) is 1.24. The van der Waals surface area contributed by atoms with Gasteiger partial charge in [-0.2, -0.15) is 0 Å². The highest BCUT2D eigenvalue weighted by Crippen LogP contribution is 2.01. The Kier molecular flexibility index (Phi) is 4.68. The molecular formula is C7H17NO2S. The first-order valence-electron chi connectivity index (χ1n) is 3.88. The van der Waals surface area contributed by atoms with Crippen LogP contribution in [0.3, 0.4) is 0 Å². The zero-order chi connectivity index (χ0) is 8.91. The Balaban J connectivity index is 3.62. The molecule has 0 aromatic carbocycles. The molecule has 0 rings (SSSR count). The monoisotopic (exact) mass is 179 g/mol. The molecule has 3 nitrogen and oxygen atoms in total. The van der Waals surface area contributed by atoms with Crippen molar-refractivity contribution in [3.8, 4) is 0 Å². The van der Waals surface area contributed by atoms with E-state index in [0.29, 0.717) is 6.42 Å². The van der Waals surface area contributed by atoms with Gasteiger partial charge in [-0.25, -0.2) is 8.42 Å². The van der Waals surface area contributed by atoms with E-state index in [4.69, 9.17) is 0 Å². The van der Waals surface area contributed by atoms with Crippen LogP contribution in [-0.4, -0.2) is 33.0 Å². The van der Waals surface area contributed by atoms with E-state index in [1.54, 1.807) is 6.92 Å². The van der Waals surface area contributed by atoms with Crippen LogP contribution in [0.25, 0.3) is 0 Å². The van der Waals surface area contributed by atoms with Crippen LogP contribution in [-0.2, 0) is 9.84 Å². The molecule has 1 unspecified atom stereocenters. The number of hydrogen-bond acceptors (Lipinski definition) is 3. The van der Waals surface area contributed by atoms with Gasteiger partial charge in [0.2, 0.25) is 0 Å². The standard InChI is InChI=1S/C7H17NO2S/c1-4-8-6-5-7(2)11(3,9)10/h7-8H,4-6H2,1-3H3. The summed E-state index contributed by atoms with van der Waals surface area (Å²) in [6.45, 7) is 5.43. The molecule has 0 amide bonds. The van der Waals surface area contributed by atoms with Gasteiger partial charge in [-0.3, -0.25) is 0 Å². The molecule has 0 radical (unpaired) electrons. The van der Waals surface area contributed by atoms with Crippen LogP contribution in [0.2, 0.25) is 0 Å². The molecule has 0 fully saturated rings. The molecular weight excluding hydrogens is 162 g/mol. The maximum absolute atomic E-state index is 10.9. The lowest BCUT2D eigenvalue weighted by atomic mass is 10.3. The van der Waals surface area contributed by atoms with E-state index in [1.807, 2.05) is 6.92 Å². The molecule has 1 N–H and O–H groups in total. The van der Waals surface area contributed by atoms with Gasteiger partial charge in [0.25, 0.3) is 0 Å². The third kappa shape index (κ3) is 5.21. The van der Waals surface area contributed by atoms with Gasteiger partial charge in [-0.1, -0.05) is 6.92 Å². The minimum absolute atomic E-state index is 0.221. The van der Waals surface area contributed by atoms with Crippen molar-refractivity contribution in [2.24, 2.45) is 0 Å². The summed E-state index contributed by atoms with van der Waals surface area (Å²) in [7, 11) is -2.82. The number of rotatable bonds is 5. The lowest BCUT2D eigenvalue weighted by molar-refractivity contribution is 0.575. The van der Waals surface area contributed by atoms with E-state index in [1.165, 1.54) is 6.26 Å².